The second kappa shape index (κ2) is 13.3. The summed E-state index contributed by atoms with van der Waals surface area (Å²) in [5.74, 6) is 1.20. The Kier molecular flexibility index (Phi) is 8.94. The van der Waals surface area contributed by atoms with Gasteiger partial charge in [0.15, 0.2) is 0 Å². The van der Waals surface area contributed by atoms with E-state index >= 15 is 0 Å². The van der Waals surface area contributed by atoms with Crippen molar-refractivity contribution < 1.29 is 9.53 Å². The molecule has 11 nitrogen and oxygen atoms in total. The van der Waals surface area contributed by atoms with Gasteiger partial charge in [-0.2, -0.15) is 10.4 Å². The largest absolute Gasteiger partial charge is 0.379 e. The lowest BCUT2D eigenvalue weighted by atomic mass is 9.89. The summed E-state index contributed by atoms with van der Waals surface area (Å²) in [6, 6.07) is 17.2. The van der Waals surface area contributed by atoms with Crippen LogP contribution in [0.2, 0.25) is 10.0 Å². The van der Waals surface area contributed by atoms with Crippen LogP contribution in [0.4, 0.5) is 16.2 Å². The van der Waals surface area contributed by atoms with E-state index in [9.17, 15) is 14.9 Å². The number of halogens is 2. The van der Waals surface area contributed by atoms with Gasteiger partial charge in [-0.25, -0.2) is 9.48 Å². The Labute approximate surface area is 287 Å². The molecule has 2 aromatic heterocycles. The highest BCUT2D eigenvalue weighted by Gasteiger charge is 2.77. The van der Waals surface area contributed by atoms with Crippen molar-refractivity contribution in [3.05, 3.63) is 92.5 Å². The minimum absolute atomic E-state index is 0.0397. The number of aromatic nitrogens is 3. The Morgan fingerprint density at radius 3 is 2.48 bits per heavy atom. The lowest BCUT2D eigenvalue weighted by Crippen LogP contribution is -2.44. The molecule has 0 radical (unpaired) electrons. The highest BCUT2D eigenvalue weighted by atomic mass is 35.5. The lowest BCUT2D eigenvalue weighted by Gasteiger charge is -2.30. The number of nitrogens with zero attached hydrogens (tertiary/aromatic N) is 5. The minimum atomic E-state index is -0.692. The van der Waals surface area contributed by atoms with Crippen LogP contribution in [0.25, 0.3) is 22.4 Å². The van der Waals surface area contributed by atoms with Gasteiger partial charge >= 0.3 is 6.03 Å². The predicted molar refractivity (Wildman–Crippen MR) is 185 cm³/mol. The third-order valence-electron chi connectivity index (χ3n) is 9.45. The number of aryl methyl sites for hydroxylation is 1. The second-order valence-corrected chi connectivity index (χ2v) is 13.1. The number of fused-ring (bicyclic) bond motifs is 1. The Hall–Kier alpha value is -4.31. The number of anilines is 2. The van der Waals surface area contributed by atoms with E-state index in [1.54, 1.807) is 13.0 Å². The predicted octanol–water partition coefficient (Wildman–Crippen LogP) is 5.58. The maximum atomic E-state index is 13.1. The molecule has 1 aliphatic heterocycles. The standard InChI is InChI=1S/C35H34Cl2N8O3/c1-2-45-33(46)31(41-34(47)42-32-28(36)19-39-20-29(32)37)17-30(43-45)23-5-3-4-22(14-23)24-12-21(18-38)13-25(15-24)35(26-16-27(26)35)40-6-7-44-8-10-48-11-9-44/h3-5,12-15,17,19-20,26-27,40H,2,6-11,16H2,1H3,(H2,39,41,42,47). The Balaban J connectivity index is 1.15. The van der Waals surface area contributed by atoms with Crippen LogP contribution >= 0.6 is 23.2 Å². The van der Waals surface area contributed by atoms with Crippen LogP contribution in [0.3, 0.4) is 0 Å². The van der Waals surface area contributed by atoms with E-state index in [4.69, 9.17) is 27.9 Å². The van der Waals surface area contributed by atoms with Gasteiger partial charge in [-0.15, -0.1) is 0 Å². The molecule has 1 saturated heterocycles. The van der Waals surface area contributed by atoms with Crippen molar-refractivity contribution in [1.82, 2.24) is 25.0 Å². The first kappa shape index (κ1) is 32.2. The Bertz CT molecular complexity index is 1960. The first-order chi connectivity index (χ1) is 23.3. The molecule has 3 N–H and O–H groups in total. The first-order valence-electron chi connectivity index (χ1n) is 16.0. The summed E-state index contributed by atoms with van der Waals surface area (Å²) in [5.41, 5.74) is 4.51. The van der Waals surface area contributed by atoms with E-state index in [2.05, 4.69) is 43.1 Å². The summed E-state index contributed by atoms with van der Waals surface area (Å²) >= 11 is 12.3. The van der Waals surface area contributed by atoms with Crippen molar-refractivity contribution in [2.45, 2.75) is 25.4 Å². The van der Waals surface area contributed by atoms with E-state index in [1.165, 1.54) is 23.5 Å². The molecule has 13 heteroatoms. The first-order valence-corrected chi connectivity index (χ1v) is 16.8. The lowest BCUT2D eigenvalue weighted by molar-refractivity contribution is 0.0377. The number of amides is 2. The van der Waals surface area contributed by atoms with Crippen molar-refractivity contribution in [1.29, 1.82) is 5.26 Å². The van der Waals surface area contributed by atoms with E-state index < -0.39 is 11.6 Å². The monoisotopic (exact) mass is 684 g/mol. The zero-order chi connectivity index (χ0) is 33.4. The molecule has 246 valence electrons. The molecule has 4 aromatic rings. The van der Waals surface area contributed by atoms with Gasteiger partial charge in [-0.1, -0.05) is 41.4 Å². The number of nitrogens with one attached hydrogen (secondary N) is 3. The maximum absolute atomic E-state index is 13.1. The van der Waals surface area contributed by atoms with Crippen LogP contribution in [-0.2, 0) is 16.8 Å². The van der Waals surface area contributed by atoms with Crippen molar-refractivity contribution in [3.8, 4) is 28.5 Å². The van der Waals surface area contributed by atoms with Crippen LogP contribution in [0.15, 0.2) is 65.7 Å². The van der Waals surface area contributed by atoms with Gasteiger partial charge in [0.2, 0.25) is 0 Å². The third kappa shape index (κ3) is 6.30. The van der Waals surface area contributed by atoms with Crippen molar-refractivity contribution in [2.75, 3.05) is 50.0 Å². The molecular formula is C35H34Cl2N8O3. The number of hydrogen-bond donors (Lipinski definition) is 3. The number of urea groups is 1. The summed E-state index contributed by atoms with van der Waals surface area (Å²) in [6.45, 7) is 7.41. The molecule has 2 saturated carbocycles. The fourth-order valence-corrected chi connectivity index (χ4v) is 7.18. The Morgan fingerprint density at radius 2 is 1.79 bits per heavy atom. The molecule has 3 fully saturated rings. The molecule has 7 rings (SSSR count). The van der Waals surface area contributed by atoms with Gasteiger partial charge in [0.05, 0.1) is 46.3 Å². The zero-order valence-corrected chi connectivity index (χ0v) is 27.8. The highest BCUT2D eigenvalue weighted by molar-refractivity contribution is 6.39. The third-order valence-corrected chi connectivity index (χ3v) is 10.0. The second-order valence-electron chi connectivity index (χ2n) is 12.3. The van der Waals surface area contributed by atoms with Crippen LogP contribution in [0.1, 0.15) is 24.5 Å². The number of pyridine rings is 1. The molecule has 0 spiro atoms. The number of carbonyl (C=O) groups excluding carboxylic acids is 1. The minimum Gasteiger partial charge on any atom is -0.379 e. The maximum Gasteiger partial charge on any atom is 0.323 e. The van der Waals surface area contributed by atoms with Crippen LogP contribution in [0.5, 0.6) is 0 Å². The molecule has 2 unspecified atom stereocenters. The van der Waals surface area contributed by atoms with E-state index in [0.717, 1.165) is 61.6 Å². The number of nitriles is 1. The zero-order valence-electron chi connectivity index (χ0n) is 26.3. The molecule has 48 heavy (non-hydrogen) atoms. The van der Waals surface area contributed by atoms with Gasteiger partial charge in [0.25, 0.3) is 5.56 Å². The van der Waals surface area contributed by atoms with Crippen molar-refractivity contribution in [2.24, 2.45) is 11.8 Å². The Morgan fingerprint density at radius 1 is 1.04 bits per heavy atom. The fraction of sp³-hybridized carbons (Fsp3) is 0.343. The number of rotatable bonds is 10. The number of carbonyl (C=O) groups is 1. The summed E-state index contributed by atoms with van der Waals surface area (Å²) in [6.07, 6.45) is 3.93. The molecule has 2 aromatic carbocycles. The number of hydrogen-bond acceptors (Lipinski definition) is 8. The smallest absolute Gasteiger partial charge is 0.323 e. The molecule has 0 bridgehead atoms. The van der Waals surface area contributed by atoms with Gasteiger partial charge in [-0.3, -0.25) is 14.7 Å². The van der Waals surface area contributed by atoms with Crippen LogP contribution in [-0.4, -0.2) is 65.1 Å². The fourth-order valence-electron chi connectivity index (χ4n) is 6.72. The molecular weight excluding hydrogens is 651 g/mol. The average Bonchev–Trinajstić information content (AvgIpc) is 4.03. The SMILES string of the molecule is CCn1nc(-c2cccc(-c3cc(C#N)cc(C4(NCCN5CCOCC5)C5CC54)c3)c2)cc(NC(=O)Nc2c(Cl)cncc2Cl)c1=O. The van der Waals surface area contributed by atoms with Crippen LogP contribution < -0.4 is 21.5 Å². The number of morpholine rings is 1. The van der Waals surface area contributed by atoms with E-state index in [1.807, 2.05) is 36.4 Å². The van der Waals surface area contributed by atoms with Gasteiger partial charge < -0.3 is 20.7 Å². The molecule has 2 aliphatic carbocycles. The topological polar surface area (TPSA) is 137 Å². The van der Waals surface area contributed by atoms with E-state index in [0.29, 0.717) is 29.6 Å². The van der Waals surface area contributed by atoms with Gasteiger partial charge in [-0.05, 0) is 72.2 Å². The molecule has 2 amide bonds. The van der Waals surface area contributed by atoms with Crippen molar-refractivity contribution >= 4 is 40.6 Å². The van der Waals surface area contributed by atoms with Gasteiger partial charge in [0.1, 0.15) is 5.69 Å². The summed E-state index contributed by atoms with van der Waals surface area (Å²) in [5, 5.41) is 24.0. The van der Waals surface area contributed by atoms with Gasteiger partial charge in [0, 0.05) is 56.2 Å². The number of ether oxygens (including phenoxy) is 1. The summed E-state index contributed by atoms with van der Waals surface area (Å²) in [4.78, 5) is 32.4. The molecule has 3 aliphatic rings. The molecule has 3 heterocycles. The average molecular weight is 686 g/mol. The van der Waals surface area contributed by atoms with Crippen LogP contribution in [0, 0.1) is 23.2 Å². The summed E-state index contributed by atoms with van der Waals surface area (Å²) < 4.78 is 6.79. The quantitative estimate of drug-likeness (QED) is 0.197. The molecule has 2 atom stereocenters. The van der Waals surface area contributed by atoms with E-state index in [-0.39, 0.29) is 27.0 Å². The highest BCUT2D eigenvalue weighted by Crippen LogP contribution is 2.76. The normalized spacial score (nSPS) is 21.2. The summed E-state index contributed by atoms with van der Waals surface area (Å²) in [7, 11) is 0. The number of benzene rings is 2. The van der Waals surface area contributed by atoms with Crippen molar-refractivity contribution in [3.63, 3.8) is 0 Å².